The molecule has 0 unspecified atom stereocenters. The van der Waals surface area contributed by atoms with Crippen molar-refractivity contribution < 1.29 is 9.84 Å². The Kier molecular flexibility index (Phi) is 4.84. The molecule has 0 atom stereocenters. The van der Waals surface area contributed by atoms with Gasteiger partial charge in [-0.1, -0.05) is 0 Å². The molecule has 1 aliphatic rings. The van der Waals surface area contributed by atoms with Gasteiger partial charge in [-0.25, -0.2) is 0 Å². The molecule has 18 heavy (non-hydrogen) atoms. The molecule has 0 spiro atoms. The number of nitrogens with two attached hydrogens (primary N) is 1. The predicted molar refractivity (Wildman–Crippen MR) is 72.6 cm³/mol. The Balaban J connectivity index is 1.64. The molecule has 0 saturated heterocycles. The Labute approximate surface area is 108 Å². The summed E-state index contributed by atoms with van der Waals surface area (Å²) < 4.78 is 5.64. The summed E-state index contributed by atoms with van der Waals surface area (Å²) in [5.74, 6) is 0.865. The van der Waals surface area contributed by atoms with Crippen LogP contribution in [0.25, 0.3) is 0 Å². The van der Waals surface area contributed by atoms with Crippen LogP contribution in [0.3, 0.4) is 0 Å². The standard InChI is InChI=1S/C14H22N2O2/c15-12-2-6-14(7-3-12)18-11-1-8-16(9-10-17)13-4-5-13/h2-3,6-7,13,17H,1,4-5,8-11,15H2. The molecule has 4 nitrogen and oxygen atoms in total. The summed E-state index contributed by atoms with van der Waals surface area (Å²) in [5.41, 5.74) is 6.36. The van der Waals surface area contributed by atoms with Gasteiger partial charge in [-0.3, -0.25) is 4.90 Å². The Hall–Kier alpha value is -1.26. The molecule has 2 rings (SSSR count). The maximum absolute atomic E-state index is 8.99. The van der Waals surface area contributed by atoms with E-state index in [1.54, 1.807) is 0 Å². The van der Waals surface area contributed by atoms with Gasteiger partial charge in [0.2, 0.25) is 0 Å². The first-order chi connectivity index (χ1) is 8.79. The molecule has 0 heterocycles. The van der Waals surface area contributed by atoms with Gasteiger partial charge < -0.3 is 15.6 Å². The first-order valence-corrected chi connectivity index (χ1v) is 6.63. The lowest BCUT2D eigenvalue weighted by Crippen LogP contribution is -2.31. The normalized spacial score (nSPS) is 15.0. The van der Waals surface area contributed by atoms with Crippen LogP contribution in [-0.4, -0.2) is 42.4 Å². The van der Waals surface area contributed by atoms with E-state index in [0.29, 0.717) is 12.6 Å². The third kappa shape index (κ3) is 4.20. The second kappa shape index (κ2) is 6.61. The van der Waals surface area contributed by atoms with E-state index in [1.165, 1.54) is 12.8 Å². The van der Waals surface area contributed by atoms with Crippen molar-refractivity contribution in [3.8, 4) is 5.75 Å². The SMILES string of the molecule is Nc1ccc(OCCCN(CCO)C2CC2)cc1. The van der Waals surface area contributed by atoms with Crippen molar-refractivity contribution in [1.29, 1.82) is 0 Å². The number of aliphatic hydroxyl groups is 1. The Morgan fingerprint density at radius 2 is 1.94 bits per heavy atom. The van der Waals surface area contributed by atoms with Crippen LogP contribution in [0.2, 0.25) is 0 Å². The smallest absolute Gasteiger partial charge is 0.119 e. The van der Waals surface area contributed by atoms with Crippen molar-refractivity contribution in [2.24, 2.45) is 0 Å². The van der Waals surface area contributed by atoms with Crippen molar-refractivity contribution in [2.45, 2.75) is 25.3 Å². The second-order valence-electron chi connectivity index (χ2n) is 4.76. The lowest BCUT2D eigenvalue weighted by molar-refractivity contribution is 0.177. The Morgan fingerprint density at radius 3 is 2.56 bits per heavy atom. The van der Waals surface area contributed by atoms with Crippen molar-refractivity contribution in [1.82, 2.24) is 4.90 Å². The van der Waals surface area contributed by atoms with Crippen molar-refractivity contribution in [3.05, 3.63) is 24.3 Å². The van der Waals surface area contributed by atoms with E-state index >= 15 is 0 Å². The molecule has 0 aliphatic heterocycles. The average molecular weight is 250 g/mol. The van der Waals surface area contributed by atoms with Gasteiger partial charge >= 0.3 is 0 Å². The van der Waals surface area contributed by atoms with Crippen LogP contribution in [-0.2, 0) is 0 Å². The van der Waals surface area contributed by atoms with Crippen molar-refractivity contribution in [2.75, 3.05) is 32.0 Å². The molecule has 4 heteroatoms. The highest BCUT2D eigenvalue weighted by Crippen LogP contribution is 2.26. The number of hydrogen-bond acceptors (Lipinski definition) is 4. The maximum atomic E-state index is 8.99. The van der Waals surface area contributed by atoms with E-state index in [4.69, 9.17) is 15.6 Å². The minimum Gasteiger partial charge on any atom is -0.494 e. The molecule has 1 fully saturated rings. The summed E-state index contributed by atoms with van der Waals surface area (Å²) in [5, 5.41) is 8.99. The van der Waals surface area contributed by atoms with Crippen molar-refractivity contribution in [3.63, 3.8) is 0 Å². The average Bonchev–Trinajstić information content (AvgIpc) is 3.19. The maximum Gasteiger partial charge on any atom is 0.119 e. The molecule has 100 valence electrons. The van der Waals surface area contributed by atoms with Gasteiger partial charge in [-0.2, -0.15) is 0 Å². The summed E-state index contributed by atoms with van der Waals surface area (Å²) in [6.07, 6.45) is 3.54. The van der Waals surface area contributed by atoms with Gasteiger partial charge in [-0.05, 0) is 43.5 Å². The summed E-state index contributed by atoms with van der Waals surface area (Å²) in [4.78, 5) is 2.35. The Bertz CT molecular complexity index is 349. The third-order valence-electron chi connectivity index (χ3n) is 3.19. The number of ether oxygens (including phenoxy) is 1. The number of anilines is 1. The number of benzene rings is 1. The zero-order chi connectivity index (χ0) is 12.8. The van der Waals surface area contributed by atoms with Crippen LogP contribution in [0.15, 0.2) is 24.3 Å². The quantitative estimate of drug-likeness (QED) is 0.542. The fourth-order valence-corrected chi connectivity index (χ4v) is 2.07. The van der Waals surface area contributed by atoms with E-state index in [0.717, 1.165) is 30.9 Å². The van der Waals surface area contributed by atoms with Gasteiger partial charge in [0.25, 0.3) is 0 Å². The Morgan fingerprint density at radius 1 is 1.22 bits per heavy atom. The van der Waals surface area contributed by atoms with Crippen LogP contribution in [0.4, 0.5) is 5.69 Å². The molecular formula is C14H22N2O2. The first kappa shape index (κ1) is 13.2. The van der Waals surface area contributed by atoms with E-state index < -0.39 is 0 Å². The van der Waals surface area contributed by atoms with E-state index in [-0.39, 0.29) is 6.61 Å². The van der Waals surface area contributed by atoms with Gasteiger partial charge in [-0.15, -0.1) is 0 Å². The molecule has 0 aromatic heterocycles. The summed E-state index contributed by atoms with van der Waals surface area (Å²) in [7, 11) is 0. The topological polar surface area (TPSA) is 58.7 Å². The molecule has 0 radical (unpaired) electrons. The van der Waals surface area contributed by atoms with Crippen LogP contribution >= 0.6 is 0 Å². The van der Waals surface area contributed by atoms with Crippen LogP contribution in [0.1, 0.15) is 19.3 Å². The third-order valence-corrected chi connectivity index (χ3v) is 3.19. The lowest BCUT2D eigenvalue weighted by atomic mass is 10.3. The molecular weight excluding hydrogens is 228 g/mol. The molecule has 0 bridgehead atoms. The van der Waals surface area contributed by atoms with E-state index in [1.807, 2.05) is 24.3 Å². The van der Waals surface area contributed by atoms with E-state index in [9.17, 15) is 0 Å². The van der Waals surface area contributed by atoms with Crippen molar-refractivity contribution >= 4 is 5.69 Å². The molecule has 3 N–H and O–H groups in total. The highest BCUT2D eigenvalue weighted by molar-refractivity contribution is 5.41. The van der Waals surface area contributed by atoms with Gasteiger partial charge in [0.15, 0.2) is 0 Å². The lowest BCUT2D eigenvalue weighted by Gasteiger charge is -2.20. The van der Waals surface area contributed by atoms with E-state index in [2.05, 4.69) is 4.90 Å². The summed E-state index contributed by atoms with van der Waals surface area (Å²) in [6, 6.07) is 8.17. The van der Waals surface area contributed by atoms with Crippen LogP contribution in [0, 0.1) is 0 Å². The van der Waals surface area contributed by atoms with Crippen LogP contribution in [0.5, 0.6) is 5.75 Å². The number of aliphatic hydroxyl groups excluding tert-OH is 1. The molecule has 1 aliphatic carbocycles. The number of hydrogen-bond donors (Lipinski definition) is 2. The summed E-state index contributed by atoms with van der Waals surface area (Å²) >= 11 is 0. The largest absolute Gasteiger partial charge is 0.494 e. The van der Waals surface area contributed by atoms with Gasteiger partial charge in [0, 0.05) is 24.8 Å². The molecule has 1 saturated carbocycles. The number of nitrogens with zero attached hydrogens (tertiary/aromatic N) is 1. The van der Waals surface area contributed by atoms with Gasteiger partial charge in [0.05, 0.1) is 13.2 Å². The number of rotatable bonds is 8. The fraction of sp³-hybridized carbons (Fsp3) is 0.571. The summed E-state index contributed by atoms with van der Waals surface area (Å²) in [6.45, 7) is 2.74. The molecule has 1 aromatic rings. The molecule has 1 aromatic carbocycles. The predicted octanol–water partition coefficient (Wildman–Crippen LogP) is 1.49. The zero-order valence-electron chi connectivity index (χ0n) is 10.7. The molecule has 0 amide bonds. The minimum atomic E-state index is 0.245. The second-order valence-corrected chi connectivity index (χ2v) is 4.76. The van der Waals surface area contributed by atoms with Crippen LogP contribution < -0.4 is 10.5 Å². The highest BCUT2D eigenvalue weighted by atomic mass is 16.5. The van der Waals surface area contributed by atoms with Gasteiger partial charge in [0.1, 0.15) is 5.75 Å². The minimum absolute atomic E-state index is 0.245. The number of nitrogen functional groups attached to an aromatic ring is 1. The zero-order valence-corrected chi connectivity index (χ0v) is 10.7. The highest BCUT2D eigenvalue weighted by Gasteiger charge is 2.27. The monoisotopic (exact) mass is 250 g/mol. The fourth-order valence-electron chi connectivity index (χ4n) is 2.07. The first-order valence-electron chi connectivity index (χ1n) is 6.63.